The number of hydrogen-bond donors (Lipinski definition) is 0. The van der Waals surface area contributed by atoms with Crippen LogP contribution >= 0.6 is 0 Å². The van der Waals surface area contributed by atoms with E-state index >= 15 is 4.79 Å². The topological polar surface area (TPSA) is 119 Å². The maximum Gasteiger partial charge on any atom is 0.338 e. The molecule has 0 N–H and O–H groups in total. The van der Waals surface area contributed by atoms with Gasteiger partial charge in [-0.1, -0.05) is 243 Å². The van der Waals surface area contributed by atoms with Crippen molar-refractivity contribution >= 4 is 5.97 Å². The van der Waals surface area contributed by atoms with E-state index in [4.69, 9.17) is 52.1 Å². The first-order chi connectivity index (χ1) is 39.6. The van der Waals surface area contributed by atoms with Gasteiger partial charge in [0.15, 0.2) is 18.7 Å². The average molecular weight is 1080 g/mol. The summed E-state index contributed by atoms with van der Waals surface area (Å²) in [6.45, 7) is 1.34. The molecule has 0 aromatic heterocycles. The zero-order valence-electron chi connectivity index (χ0n) is 44.6. The molecule has 0 spiro atoms. The molecule has 0 aliphatic carbocycles. The van der Waals surface area contributed by atoms with Crippen LogP contribution in [0.15, 0.2) is 243 Å². The third-order valence-corrected chi connectivity index (χ3v) is 13.9. The van der Waals surface area contributed by atoms with Gasteiger partial charge in [0.05, 0.1) is 52.9 Å². The Kier molecular flexibility index (Phi) is 21.0. The number of carbonyl (C=O) groups is 1. The van der Waals surface area contributed by atoms with Crippen molar-refractivity contribution < 1.29 is 56.9 Å². The van der Waals surface area contributed by atoms with E-state index in [1.807, 2.05) is 243 Å². The fourth-order valence-corrected chi connectivity index (χ4v) is 9.76. The molecule has 12 heteroatoms. The summed E-state index contributed by atoms with van der Waals surface area (Å²) >= 11 is 0. The van der Waals surface area contributed by atoms with Crippen LogP contribution in [-0.4, -0.2) is 74.0 Å². The lowest BCUT2D eigenvalue weighted by molar-refractivity contribution is -0.381. The monoisotopic (exact) mass is 1080 g/mol. The van der Waals surface area contributed by atoms with E-state index in [0.717, 1.165) is 44.5 Å². The second kappa shape index (κ2) is 29.9. The third-order valence-electron chi connectivity index (χ3n) is 13.9. The van der Waals surface area contributed by atoms with Crippen molar-refractivity contribution in [1.82, 2.24) is 0 Å². The summed E-state index contributed by atoms with van der Waals surface area (Å²) in [6, 6.07) is 78.6. The minimum Gasteiger partial charge on any atom is -0.459 e. The summed E-state index contributed by atoms with van der Waals surface area (Å²) < 4.78 is 76.4. The number of ether oxygens (including phenoxy) is 11. The molecule has 0 saturated carbocycles. The highest BCUT2D eigenvalue weighted by atomic mass is 16.8. The van der Waals surface area contributed by atoms with E-state index in [-0.39, 0.29) is 52.9 Å². The van der Waals surface area contributed by atoms with Crippen molar-refractivity contribution in [2.75, 3.05) is 6.61 Å². The first-order valence-corrected chi connectivity index (χ1v) is 27.3. The summed E-state index contributed by atoms with van der Waals surface area (Å²) in [5.74, 6) is -0.677. The molecule has 2 heterocycles. The molecule has 412 valence electrons. The second-order valence-electron chi connectivity index (χ2n) is 19.8. The molecular weight excluding hydrogens is 1010 g/mol. The van der Waals surface area contributed by atoms with Crippen molar-refractivity contribution in [3.05, 3.63) is 287 Å². The lowest BCUT2D eigenvalue weighted by Crippen LogP contribution is -2.67. The van der Waals surface area contributed by atoms with Crippen LogP contribution in [0.3, 0.4) is 0 Å². The maximum atomic E-state index is 15.0. The van der Waals surface area contributed by atoms with Crippen molar-refractivity contribution in [3.8, 4) is 0 Å². The van der Waals surface area contributed by atoms with Gasteiger partial charge in [-0.15, -0.1) is 0 Å². The Morgan fingerprint density at radius 3 is 1.01 bits per heavy atom. The van der Waals surface area contributed by atoms with Gasteiger partial charge in [0.25, 0.3) is 0 Å². The minimum absolute atomic E-state index is 0.0185. The van der Waals surface area contributed by atoms with Gasteiger partial charge < -0.3 is 52.1 Å². The zero-order chi connectivity index (χ0) is 54.4. The number of hydrogen-bond acceptors (Lipinski definition) is 12. The predicted octanol–water partition coefficient (Wildman–Crippen LogP) is 11.9. The normalized spacial score (nSPS) is 22.8. The Bertz CT molecular complexity index is 2980. The molecule has 10 atom stereocenters. The first-order valence-electron chi connectivity index (χ1n) is 27.3. The van der Waals surface area contributed by atoms with Gasteiger partial charge in [0.1, 0.15) is 49.3 Å². The van der Waals surface area contributed by atoms with Crippen molar-refractivity contribution in [2.24, 2.45) is 0 Å². The van der Waals surface area contributed by atoms with Gasteiger partial charge in [0, 0.05) is 0 Å². The molecule has 8 aromatic rings. The predicted molar refractivity (Wildman–Crippen MR) is 301 cm³/mol. The Labute approximate surface area is 469 Å². The van der Waals surface area contributed by atoms with Gasteiger partial charge in [-0.3, -0.25) is 0 Å². The Balaban J connectivity index is 1.07. The highest BCUT2D eigenvalue weighted by molar-refractivity contribution is 5.76. The van der Waals surface area contributed by atoms with Crippen LogP contribution in [0.4, 0.5) is 0 Å². The Morgan fingerprint density at radius 2 is 0.613 bits per heavy atom. The van der Waals surface area contributed by atoms with Gasteiger partial charge in [-0.25, -0.2) is 4.79 Å². The lowest BCUT2D eigenvalue weighted by Gasteiger charge is -2.49. The number of carbonyl (C=O) groups excluding carboxylic acids is 1. The standard InChI is InChI=1S/C68H68O12/c69-66(76-47-56-37-21-7-22-38-56)63-61(73-44-53-31-15-4-16-32-53)62(74-45-54-33-17-5-18-34-54)64(75-46-55-35-19-6-20-36-55)68(79-63)80-65-60(72-43-52-29-13-3-14-30-52)59(71-42-51-27-11-2-12-28-51)58(49-70-41-50-25-9-1-10-26-50)78-67(65)77-48-57-39-23-8-24-40-57/h1-40,58-65,67-68H,41-49H2/t58-,59-,60+,61+,62+,63+,64-,65-,67-,68-/m1/s1. The third kappa shape index (κ3) is 16.2. The van der Waals surface area contributed by atoms with Crippen LogP contribution in [-0.2, 0) is 110 Å². The van der Waals surface area contributed by atoms with E-state index in [9.17, 15) is 0 Å². The molecule has 2 aliphatic heterocycles. The molecule has 2 aliphatic rings. The summed E-state index contributed by atoms with van der Waals surface area (Å²) in [7, 11) is 0. The van der Waals surface area contributed by atoms with Crippen LogP contribution in [0, 0.1) is 0 Å². The molecule has 0 radical (unpaired) electrons. The number of benzene rings is 8. The molecule has 8 aromatic carbocycles. The van der Waals surface area contributed by atoms with E-state index in [0.29, 0.717) is 6.61 Å². The van der Waals surface area contributed by atoms with E-state index in [1.165, 1.54) is 0 Å². The van der Waals surface area contributed by atoms with Gasteiger partial charge >= 0.3 is 5.97 Å². The number of rotatable bonds is 27. The van der Waals surface area contributed by atoms with Crippen LogP contribution in [0.1, 0.15) is 44.5 Å². The van der Waals surface area contributed by atoms with Crippen LogP contribution in [0.2, 0.25) is 0 Å². The lowest BCUT2D eigenvalue weighted by atomic mass is 9.95. The summed E-state index contributed by atoms with van der Waals surface area (Å²) in [6.07, 6.45) is -10.6. The van der Waals surface area contributed by atoms with Gasteiger partial charge in [-0.2, -0.15) is 0 Å². The second-order valence-corrected chi connectivity index (χ2v) is 19.8. The van der Waals surface area contributed by atoms with Crippen molar-refractivity contribution in [2.45, 2.75) is 114 Å². The number of esters is 1. The minimum atomic E-state index is -1.40. The molecule has 0 amide bonds. The smallest absolute Gasteiger partial charge is 0.338 e. The van der Waals surface area contributed by atoms with Crippen molar-refractivity contribution in [1.29, 1.82) is 0 Å². The van der Waals surface area contributed by atoms with Crippen LogP contribution in [0.5, 0.6) is 0 Å². The molecule has 2 saturated heterocycles. The average Bonchev–Trinajstić information content (AvgIpc) is 3.70. The zero-order valence-corrected chi connectivity index (χ0v) is 44.6. The summed E-state index contributed by atoms with van der Waals surface area (Å²) in [4.78, 5) is 15.0. The van der Waals surface area contributed by atoms with Crippen molar-refractivity contribution in [3.63, 3.8) is 0 Å². The fourth-order valence-electron chi connectivity index (χ4n) is 9.76. The van der Waals surface area contributed by atoms with Crippen LogP contribution in [0.25, 0.3) is 0 Å². The Hall–Kier alpha value is -7.17. The highest BCUT2D eigenvalue weighted by Gasteiger charge is 2.56. The summed E-state index contributed by atoms with van der Waals surface area (Å²) in [5.41, 5.74) is 7.24. The fraction of sp³-hybridized carbons (Fsp3) is 0.279. The molecule has 2 fully saturated rings. The molecule has 10 rings (SSSR count). The van der Waals surface area contributed by atoms with Gasteiger partial charge in [0.2, 0.25) is 0 Å². The molecule has 0 unspecified atom stereocenters. The van der Waals surface area contributed by atoms with E-state index < -0.39 is 67.4 Å². The first kappa shape index (κ1) is 56.1. The Morgan fingerprint density at radius 1 is 0.300 bits per heavy atom. The molecule has 12 nitrogen and oxygen atoms in total. The van der Waals surface area contributed by atoms with E-state index in [2.05, 4.69) is 0 Å². The molecular formula is C68H68O12. The quantitative estimate of drug-likeness (QED) is 0.0456. The SMILES string of the molecule is O=C(OCc1ccccc1)[C@H]1O[C@H](O[C@H]2[C@H](OCc3ccccc3)O[C@H](COCc3ccccc3)[C@@H](OCc3ccccc3)[C@@H]2OCc2ccccc2)[C@H](OCc2ccccc2)[C@@H](OCc2ccccc2)[C@@H]1OCc1ccccc1. The van der Waals surface area contributed by atoms with Gasteiger partial charge in [-0.05, 0) is 44.5 Å². The summed E-state index contributed by atoms with van der Waals surface area (Å²) in [5, 5.41) is 0. The maximum absolute atomic E-state index is 15.0. The molecule has 0 bridgehead atoms. The highest BCUT2D eigenvalue weighted by Crippen LogP contribution is 2.37. The molecule has 80 heavy (non-hydrogen) atoms. The van der Waals surface area contributed by atoms with Crippen LogP contribution < -0.4 is 0 Å². The largest absolute Gasteiger partial charge is 0.459 e. The van der Waals surface area contributed by atoms with E-state index in [1.54, 1.807) is 0 Å².